The predicted octanol–water partition coefficient (Wildman–Crippen LogP) is 2.35. The summed E-state index contributed by atoms with van der Waals surface area (Å²) in [5.74, 6) is 0. The van der Waals surface area contributed by atoms with Gasteiger partial charge in [0.2, 0.25) is 0 Å². The first kappa shape index (κ1) is 6.22. The summed E-state index contributed by atoms with van der Waals surface area (Å²) in [4.78, 5) is 0.470. The molecule has 0 fully saturated rings. The summed E-state index contributed by atoms with van der Waals surface area (Å²) < 4.78 is 0. The third-order valence-electron chi connectivity index (χ3n) is 0.679. The van der Waals surface area contributed by atoms with Crippen molar-refractivity contribution in [3.8, 4) is 0 Å². The third kappa shape index (κ3) is 2.46. The van der Waals surface area contributed by atoms with Crippen LogP contribution in [-0.4, -0.2) is 4.83 Å². The highest BCUT2D eigenvalue weighted by Gasteiger charge is 1.89. The fraction of sp³-hybridized carbons (Fsp3) is 0.600. The molecule has 1 unspecified atom stereocenters. The average Bonchev–Trinajstić information content (AvgIpc) is 1.36. The largest absolute Gasteiger partial charge is 0.0990 e. The molecular formula is C5H9Br. The Labute approximate surface area is 47.4 Å². The summed E-state index contributed by atoms with van der Waals surface area (Å²) in [7, 11) is 0. The van der Waals surface area contributed by atoms with Crippen LogP contribution in [0.2, 0.25) is 0 Å². The Hall–Kier alpha value is 0.220. The minimum absolute atomic E-state index is 0.470. The van der Waals surface area contributed by atoms with Gasteiger partial charge in [-0.15, -0.1) is 0 Å². The Balaban J connectivity index is 3.26. The van der Waals surface area contributed by atoms with E-state index in [1.165, 1.54) is 5.57 Å². The van der Waals surface area contributed by atoms with E-state index < -0.39 is 0 Å². The van der Waals surface area contributed by atoms with Gasteiger partial charge in [-0.05, 0) is 13.8 Å². The van der Waals surface area contributed by atoms with Gasteiger partial charge >= 0.3 is 0 Å². The van der Waals surface area contributed by atoms with Crippen LogP contribution in [0.5, 0.6) is 0 Å². The molecular weight excluding hydrogens is 140 g/mol. The van der Waals surface area contributed by atoms with E-state index in [2.05, 4.69) is 29.4 Å². The van der Waals surface area contributed by atoms with E-state index in [4.69, 9.17) is 0 Å². The molecule has 0 aliphatic carbocycles. The predicted molar refractivity (Wildman–Crippen MR) is 33.2 cm³/mol. The van der Waals surface area contributed by atoms with Crippen molar-refractivity contribution in [2.75, 3.05) is 0 Å². The maximum absolute atomic E-state index is 3.71. The molecule has 0 aliphatic rings. The summed E-state index contributed by atoms with van der Waals surface area (Å²) in [5.41, 5.74) is 1.18. The first-order chi connectivity index (χ1) is 2.64. The molecule has 0 radical (unpaired) electrons. The van der Waals surface area contributed by atoms with Crippen LogP contribution >= 0.6 is 15.9 Å². The number of halogens is 1. The van der Waals surface area contributed by atoms with E-state index in [0.717, 1.165) is 0 Å². The van der Waals surface area contributed by atoms with Gasteiger partial charge in [0.15, 0.2) is 0 Å². The van der Waals surface area contributed by atoms with Crippen LogP contribution in [-0.2, 0) is 0 Å². The van der Waals surface area contributed by atoms with Gasteiger partial charge in [0, 0.05) is 4.83 Å². The van der Waals surface area contributed by atoms with Gasteiger partial charge in [-0.2, -0.15) is 0 Å². The topological polar surface area (TPSA) is 0 Å². The van der Waals surface area contributed by atoms with Gasteiger partial charge in [0.05, 0.1) is 0 Å². The van der Waals surface area contributed by atoms with Gasteiger partial charge in [-0.1, -0.05) is 28.1 Å². The minimum atomic E-state index is 0.470. The molecule has 36 valence electrons. The van der Waals surface area contributed by atoms with Crippen molar-refractivity contribution in [3.05, 3.63) is 12.2 Å². The van der Waals surface area contributed by atoms with E-state index in [1.54, 1.807) is 0 Å². The second-order valence-corrected chi connectivity index (χ2v) is 2.84. The van der Waals surface area contributed by atoms with Crippen molar-refractivity contribution in [2.24, 2.45) is 0 Å². The molecule has 0 heterocycles. The van der Waals surface area contributed by atoms with Crippen molar-refractivity contribution < 1.29 is 0 Å². The number of alkyl halides is 1. The molecule has 0 aromatic rings. The number of hydrogen-bond donors (Lipinski definition) is 0. The highest BCUT2D eigenvalue weighted by atomic mass is 79.9. The summed E-state index contributed by atoms with van der Waals surface area (Å²) in [6.45, 7) is 7.77. The SMILES string of the molecule is C=C(C)C(C)Br. The highest BCUT2D eigenvalue weighted by molar-refractivity contribution is 9.09. The Morgan fingerprint density at radius 1 is 1.83 bits per heavy atom. The Kier molecular flexibility index (Phi) is 2.49. The number of rotatable bonds is 1. The van der Waals surface area contributed by atoms with Crippen LogP contribution in [0.4, 0.5) is 0 Å². The second kappa shape index (κ2) is 2.40. The molecule has 1 atom stereocenters. The van der Waals surface area contributed by atoms with Crippen LogP contribution in [0.25, 0.3) is 0 Å². The lowest BCUT2D eigenvalue weighted by molar-refractivity contribution is 1.15. The zero-order chi connectivity index (χ0) is 5.15. The summed E-state index contributed by atoms with van der Waals surface area (Å²) in [6, 6.07) is 0. The lowest BCUT2D eigenvalue weighted by Gasteiger charge is -1.95. The van der Waals surface area contributed by atoms with E-state index >= 15 is 0 Å². The van der Waals surface area contributed by atoms with Crippen LogP contribution in [0.3, 0.4) is 0 Å². The first-order valence-electron chi connectivity index (χ1n) is 1.94. The van der Waals surface area contributed by atoms with Crippen molar-refractivity contribution in [1.82, 2.24) is 0 Å². The Morgan fingerprint density at radius 2 is 2.00 bits per heavy atom. The van der Waals surface area contributed by atoms with Crippen LogP contribution in [0.15, 0.2) is 12.2 Å². The van der Waals surface area contributed by atoms with E-state index in [0.29, 0.717) is 4.83 Å². The molecule has 0 N–H and O–H groups in total. The fourth-order valence-corrected chi connectivity index (χ4v) is 0. The van der Waals surface area contributed by atoms with Crippen LogP contribution < -0.4 is 0 Å². The van der Waals surface area contributed by atoms with Crippen LogP contribution in [0, 0.1) is 0 Å². The van der Waals surface area contributed by atoms with Crippen molar-refractivity contribution in [2.45, 2.75) is 18.7 Å². The first-order valence-corrected chi connectivity index (χ1v) is 2.85. The molecule has 0 aromatic heterocycles. The van der Waals surface area contributed by atoms with Gasteiger partial charge in [-0.3, -0.25) is 0 Å². The number of allylic oxidation sites excluding steroid dienone is 1. The zero-order valence-corrected chi connectivity index (χ0v) is 5.75. The van der Waals surface area contributed by atoms with E-state index in [-0.39, 0.29) is 0 Å². The molecule has 0 saturated heterocycles. The highest BCUT2D eigenvalue weighted by Crippen LogP contribution is 2.05. The smallest absolute Gasteiger partial charge is 0.0321 e. The maximum Gasteiger partial charge on any atom is 0.0321 e. The standard InChI is InChI=1S/C5H9Br/c1-4(2)5(3)6/h5H,1H2,2-3H3. The second-order valence-electron chi connectivity index (χ2n) is 1.46. The molecule has 1 heteroatoms. The minimum Gasteiger partial charge on any atom is -0.0990 e. The number of hydrogen-bond acceptors (Lipinski definition) is 0. The van der Waals surface area contributed by atoms with Gasteiger partial charge in [-0.25, -0.2) is 0 Å². The molecule has 0 bridgehead atoms. The van der Waals surface area contributed by atoms with Crippen molar-refractivity contribution >= 4 is 15.9 Å². The maximum atomic E-state index is 3.71. The summed E-state index contributed by atoms with van der Waals surface area (Å²) in [6.07, 6.45) is 0. The van der Waals surface area contributed by atoms with Crippen molar-refractivity contribution in [1.29, 1.82) is 0 Å². The molecule has 6 heavy (non-hydrogen) atoms. The van der Waals surface area contributed by atoms with E-state index in [1.807, 2.05) is 6.92 Å². The molecule has 0 saturated carbocycles. The van der Waals surface area contributed by atoms with Gasteiger partial charge in [0.1, 0.15) is 0 Å². The third-order valence-corrected chi connectivity index (χ3v) is 1.46. The normalized spacial score (nSPS) is 13.8. The molecule has 0 aromatic carbocycles. The van der Waals surface area contributed by atoms with E-state index in [9.17, 15) is 0 Å². The van der Waals surface area contributed by atoms with Crippen molar-refractivity contribution in [3.63, 3.8) is 0 Å². The van der Waals surface area contributed by atoms with Gasteiger partial charge in [0.25, 0.3) is 0 Å². The summed E-state index contributed by atoms with van der Waals surface area (Å²) >= 11 is 3.34. The van der Waals surface area contributed by atoms with Crippen LogP contribution in [0.1, 0.15) is 13.8 Å². The lowest BCUT2D eigenvalue weighted by atomic mass is 10.3. The lowest BCUT2D eigenvalue weighted by Crippen LogP contribution is -1.86. The Bertz CT molecular complexity index is 55.0. The average molecular weight is 149 g/mol. The quantitative estimate of drug-likeness (QED) is 0.396. The fourth-order valence-electron chi connectivity index (χ4n) is 0. The molecule has 0 spiro atoms. The molecule has 0 rings (SSSR count). The summed E-state index contributed by atoms with van der Waals surface area (Å²) in [5, 5.41) is 0. The van der Waals surface area contributed by atoms with Gasteiger partial charge < -0.3 is 0 Å². The Morgan fingerprint density at radius 3 is 2.00 bits per heavy atom. The molecule has 0 amide bonds. The monoisotopic (exact) mass is 148 g/mol. The molecule has 0 nitrogen and oxygen atoms in total. The zero-order valence-electron chi connectivity index (χ0n) is 4.16. The molecule has 0 aliphatic heterocycles.